The minimum Gasteiger partial charge on any atom is -0.392 e. The molecule has 1 aromatic carbocycles. The highest BCUT2D eigenvalue weighted by Crippen LogP contribution is 2.20. The Bertz CT molecular complexity index is 338. The number of rotatable bonds is 6. The van der Waals surface area contributed by atoms with E-state index in [1.54, 1.807) is 31.2 Å². The predicted molar refractivity (Wildman–Crippen MR) is 63.6 cm³/mol. The highest BCUT2D eigenvalue weighted by Gasteiger charge is 2.13. The quantitative estimate of drug-likeness (QED) is 0.726. The smallest absolute Gasteiger partial charge is 0.127 e. The van der Waals surface area contributed by atoms with E-state index < -0.39 is 6.10 Å². The summed E-state index contributed by atoms with van der Waals surface area (Å²) in [5.74, 6) is -0.229. The first-order chi connectivity index (χ1) is 7.65. The fourth-order valence-corrected chi connectivity index (χ4v) is 1.56. The van der Waals surface area contributed by atoms with E-state index >= 15 is 0 Å². The molecule has 0 aliphatic rings. The molecule has 0 aliphatic heterocycles. The number of nitrogens with one attached hydrogen (secondary N) is 1. The Labute approximate surface area is 95.8 Å². The van der Waals surface area contributed by atoms with Gasteiger partial charge in [-0.15, -0.1) is 6.58 Å². The van der Waals surface area contributed by atoms with Gasteiger partial charge in [-0.3, -0.25) is 0 Å². The van der Waals surface area contributed by atoms with Crippen molar-refractivity contribution in [3.63, 3.8) is 0 Å². The highest BCUT2D eigenvalue weighted by molar-refractivity contribution is 5.21. The minimum absolute atomic E-state index is 0.131. The molecule has 16 heavy (non-hydrogen) atoms. The van der Waals surface area contributed by atoms with Crippen LogP contribution < -0.4 is 5.32 Å². The van der Waals surface area contributed by atoms with Gasteiger partial charge >= 0.3 is 0 Å². The number of hydrogen-bond acceptors (Lipinski definition) is 2. The van der Waals surface area contributed by atoms with Crippen LogP contribution in [0.3, 0.4) is 0 Å². The van der Waals surface area contributed by atoms with Crippen LogP contribution in [0, 0.1) is 5.82 Å². The number of halogens is 1. The Hall–Kier alpha value is -1.19. The van der Waals surface area contributed by atoms with Crippen molar-refractivity contribution in [3.05, 3.63) is 48.3 Å². The summed E-state index contributed by atoms with van der Waals surface area (Å²) in [6.07, 6.45) is 1.93. The monoisotopic (exact) mass is 223 g/mol. The highest BCUT2D eigenvalue weighted by atomic mass is 19.1. The first-order valence-electron chi connectivity index (χ1n) is 5.42. The summed E-state index contributed by atoms with van der Waals surface area (Å²) in [5, 5.41) is 12.3. The largest absolute Gasteiger partial charge is 0.392 e. The fraction of sp³-hybridized carbons (Fsp3) is 0.385. The van der Waals surface area contributed by atoms with Crippen molar-refractivity contribution in [2.45, 2.75) is 25.5 Å². The fourth-order valence-electron chi connectivity index (χ4n) is 1.56. The van der Waals surface area contributed by atoms with E-state index in [4.69, 9.17) is 0 Å². The SMILES string of the molecule is C=CCC(NC[C@H](C)O)c1ccccc1F. The zero-order valence-electron chi connectivity index (χ0n) is 9.49. The first-order valence-corrected chi connectivity index (χ1v) is 5.42. The van der Waals surface area contributed by atoms with Crippen molar-refractivity contribution in [3.8, 4) is 0 Å². The Morgan fingerprint density at radius 2 is 2.19 bits per heavy atom. The van der Waals surface area contributed by atoms with E-state index in [-0.39, 0.29) is 11.9 Å². The van der Waals surface area contributed by atoms with Gasteiger partial charge in [0, 0.05) is 18.2 Å². The maximum Gasteiger partial charge on any atom is 0.127 e. The van der Waals surface area contributed by atoms with Crippen molar-refractivity contribution < 1.29 is 9.50 Å². The molecule has 0 saturated carbocycles. The second-order valence-electron chi connectivity index (χ2n) is 3.86. The molecule has 2 nitrogen and oxygen atoms in total. The lowest BCUT2D eigenvalue weighted by Crippen LogP contribution is -2.29. The molecule has 0 heterocycles. The maximum absolute atomic E-state index is 13.6. The van der Waals surface area contributed by atoms with E-state index in [9.17, 15) is 9.50 Å². The molecule has 0 bridgehead atoms. The van der Waals surface area contributed by atoms with Gasteiger partial charge in [-0.1, -0.05) is 24.3 Å². The predicted octanol–water partition coefficient (Wildman–Crippen LogP) is 2.41. The van der Waals surface area contributed by atoms with Crippen molar-refractivity contribution in [2.75, 3.05) is 6.54 Å². The summed E-state index contributed by atoms with van der Waals surface area (Å²) in [7, 11) is 0. The summed E-state index contributed by atoms with van der Waals surface area (Å²) in [6.45, 7) is 5.79. The van der Waals surface area contributed by atoms with Crippen LogP contribution in [0.1, 0.15) is 24.9 Å². The standard InChI is InChI=1S/C13H18FNO/c1-3-6-13(15-9-10(2)16)11-7-4-5-8-12(11)14/h3-5,7-8,10,13,15-16H,1,6,9H2,2H3/t10-,13?/m0/s1. The molecule has 1 aromatic rings. The van der Waals surface area contributed by atoms with Crippen molar-refractivity contribution in [1.29, 1.82) is 0 Å². The molecule has 3 heteroatoms. The number of aliphatic hydroxyl groups is 1. The van der Waals surface area contributed by atoms with E-state index in [1.807, 2.05) is 0 Å². The van der Waals surface area contributed by atoms with Gasteiger partial charge in [0.2, 0.25) is 0 Å². The Kier molecular flexibility index (Phi) is 5.15. The van der Waals surface area contributed by atoms with Crippen LogP contribution in [0.25, 0.3) is 0 Å². The molecule has 1 unspecified atom stereocenters. The van der Waals surface area contributed by atoms with Gasteiger partial charge in [0.05, 0.1) is 6.10 Å². The van der Waals surface area contributed by atoms with Crippen LogP contribution in [0.2, 0.25) is 0 Å². The molecule has 2 N–H and O–H groups in total. The van der Waals surface area contributed by atoms with Gasteiger partial charge < -0.3 is 10.4 Å². The molecule has 0 saturated heterocycles. The van der Waals surface area contributed by atoms with Crippen molar-refractivity contribution in [1.82, 2.24) is 5.32 Å². The van der Waals surface area contributed by atoms with E-state index in [0.717, 1.165) is 0 Å². The molecule has 0 fully saturated rings. The van der Waals surface area contributed by atoms with Gasteiger partial charge in [0.1, 0.15) is 5.82 Å². The van der Waals surface area contributed by atoms with Gasteiger partial charge in [0.25, 0.3) is 0 Å². The third-order valence-electron chi connectivity index (χ3n) is 2.34. The lowest BCUT2D eigenvalue weighted by Gasteiger charge is -2.19. The first kappa shape index (κ1) is 12.9. The molecule has 0 amide bonds. The van der Waals surface area contributed by atoms with Crippen LogP contribution in [0.4, 0.5) is 4.39 Å². The average Bonchev–Trinajstić information content (AvgIpc) is 2.25. The molecule has 0 radical (unpaired) electrons. The van der Waals surface area contributed by atoms with Crippen LogP contribution in [0.15, 0.2) is 36.9 Å². The molecule has 0 aromatic heterocycles. The van der Waals surface area contributed by atoms with Gasteiger partial charge in [-0.2, -0.15) is 0 Å². The second kappa shape index (κ2) is 6.40. The van der Waals surface area contributed by atoms with Crippen LogP contribution in [-0.2, 0) is 0 Å². The topological polar surface area (TPSA) is 32.3 Å². The minimum atomic E-state index is -0.445. The Morgan fingerprint density at radius 3 is 2.75 bits per heavy atom. The Morgan fingerprint density at radius 1 is 1.50 bits per heavy atom. The van der Waals surface area contributed by atoms with Crippen molar-refractivity contribution in [2.24, 2.45) is 0 Å². The average molecular weight is 223 g/mol. The van der Waals surface area contributed by atoms with E-state index in [2.05, 4.69) is 11.9 Å². The normalized spacial score (nSPS) is 14.4. The Balaban J connectivity index is 2.76. The third kappa shape index (κ3) is 3.76. The van der Waals surface area contributed by atoms with Gasteiger partial charge in [-0.05, 0) is 19.4 Å². The number of hydrogen-bond donors (Lipinski definition) is 2. The molecule has 0 spiro atoms. The second-order valence-corrected chi connectivity index (χ2v) is 3.86. The van der Waals surface area contributed by atoms with Gasteiger partial charge in [-0.25, -0.2) is 4.39 Å². The lowest BCUT2D eigenvalue weighted by atomic mass is 10.0. The summed E-state index contributed by atoms with van der Waals surface area (Å²) in [6, 6.07) is 6.53. The maximum atomic E-state index is 13.6. The summed E-state index contributed by atoms with van der Waals surface area (Å²) in [4.78, 5) is 0. The number of aliphatic hydroxyl groups excluding tert-OH is 1. The van der Waals surface area contributed by atoms with Crippen LogP contribution >= 0.6 is 0 Å². The summed E-state index contributed by atoms with van der Waals surface area (Å²) >= 11 is 0. The molecule has 88 valence electrons. The van der Waals surface area contributed by atoms with Crippen LogP contribution in [-0.4, -0.2) is 17.8 Å². The lowest BCUT2D eigenvalue weighted by molar-refractivity contribution is 0.186. The van der Waals surface area contributed by atoms with Crippen molar-refractivity contribution >= 4 is 0 Å². The molecule has 0 aliphatic carbocycles. The van der Waals surface area contributed by atoms with Gasteiger partial charge in [0.15, 0.2) is 0 Å². The number of benzene rings is 1. The zero-order valence-corrected chi connectivity index (χ0v) is 9.49. The third-order valence-corrected chi connectivity index (χ3v) is 2.34. The molecular weight excluding hydrogens is 205 g/mol. The van der Waals surface area contributed by atoms with Crippen LogP contribution in [0.5, 0.6) is 0 Å². The molecule has 2 atom stereocenters. The summed E-state index contributed by atoms with van der Waals surface area (Å²) in [5.41, 5.74) is 0.614. The molecule has 1 rings (SSSR count). The van der Waals surface area contributed by atoms with E-state index in [0.29, 0.717) is 18.5 Å². The van der Waals surface area contributed by atoms with E-state index in [1.165, 1.54) is 6.07 Å². The molecular formula is C13H18FNO. The summed E-state index contributed by atoms with van der Waals surface area (Å²) < 4.78 is 13.6. The zero-order chi connectivity index (χ0) is 12.0.